The van der Waals surface area contributed by atoms with E-state index in [0.717, 1.165) is 18.4 Å². The van der Waals surface area contributed by atoms with Gasteiger partial charge in [-0.25, -0.2) is 0 Å². The molecular weight excluding hydrogens is 182 g/mol. The summed E-state index contributed by atoms with van der Waals surface area (Å²) in [5.74, 6) is 1.78. The summed E-state index contributed by atoms with van der Waals surface area (Å²) in [6.45, 7) is 10.0. The van der Waals surface area contributed by atoms with Crippen molar-refractivity contribution in [3.63, 3.8) is 0 Å². The molecule has 0 aliphatic heterocycles. The molecule has 0 aromatic carbocycles. The van der Waals surface area contributed by atoms with Crippen molar-refractivity contribution >= 4 is 0 Å². The Bertz CT molecular complexity index is 200. The van der Waals surface area contributed by atoms with E-state index in [0.29, 0.717) is 0 Å². The molecule has 1 aliphatic carbocycles. The van der Waals surface area contributed by atoms with Crippen LogP contribution in [0.2, 0.25) is 0 Å². The number of hydrogen-bond donors (Lipinski definition) is 1. The van der Waals surface area contributed by atoms with Gasteiger partial charge in [0.25, 0.3) is 0 Å². The third kappa shape index (κ3) is 5.99. The predicted molar refractivity (Wildman–Crippen MR) is 68.0 cm³/mol. The Morgan fingerprint density at radius 2 is 2.00 bits per heavy atom. The molecule has 1 nitrogen and oxygen atoms in total. The molecule has 1 saturated carbocycles. The molecule has 0 aromatic heterocycles. The predicted octanol–water partition coefficient (Wildman–Crippen LogP) is 3.76. The lowest BCUT2D eigenvalue weighted by Gasteiger charge is -2.24. The average molecular weight is 209 g/mol. The van der Waals surface area contributed by atoms with Crippen LogP contribution in [0.15, 0.2) is 12.2 Å². The van der Waals surface area contributed by atoms with E-state index >= 15 is 0 Å². The monoisotopic (exact) mass is 209 g/mol. The fourth-order valence-electron chi connectivity index (χ4n) is 2.28. The Morgan fingerprint density at radius 3 is 2.60 bits per heavy atom. The van der Waals surface area contributed by atoms with E-state index in [-0.39, 0.29) is 5.54 Å². The number of nitrogens with one attached hydrogen (secondary N) is 1. The van der Waals surface area contributed by atoms with Crippen LogP contribution in [0.1, 0.15) is 53.4 Å². The van der Waals surface area contributed by atoms with Gasteiger partial charge >= 0.3 is 0 Å². The van der Waals surface area contributed by atoms with Crippen molar-refractivity contribution in [1.29, 1.82) is 0 Å². The molecule has 0 heterocycles. The molecule has 88 valence electrons. The van der Waals surface area contributed by atoms with Crippen molar-refractivity contribution in [2.24, 2.45) is 11.8 Å². The van der Waals surface area contributed by atoms with Crippen molar-refractivity contribution in [3.8, 4) is 0 Å². The van der Waals surface area contributed by atoms with Crippen LogP contribution in [0.4, 0.5) is 0 Å². The summed E-state index contributed by atoms with van der Waals surface area (Å²) in [4.78, 5) is 0. The first-order valence-electron chi connectivity index (χ1n) is 6.39. The highest BCUT2D eigenvalue weighted by atomic mass is 14.9. The van der Waals surface area contributed by atoms with E-state index in [1.165, 1.54) is 25.7 Å². The van der Waals surface area contributed by atoms with Gasteiger partial charge in [0.2, 0.25) is 0 Å². The minimum Gasteiger partial charge on any atom is -0.309 e. The Kier molecular flexibility index (Phi) is 4.85. The average Bonchev–Trinajstić information content (AvgIpc) is 2.11. The highest BCUT2D eigenvalue weighted by Gasteiger charge is 2.16. The molecular formula is C14H27N. The van der Waals surface area contributed by atoms with Crippen LogP contribution >= 0.6 is 0 Å². The van der Waals surface area contributed by atoms with Crippen LogP contribution in [-0.2, 0) is 0 Å². The van der Waals surface area contributed by atoms with Gasteiger partial charge in [-0.2, -0.15) is 0 Å². The molecule has 0 saturated heterocycles. The Hall–Kier alpha value is -0.300. The summed E-state index contributed by atoms with van der Waals surface area (Å²) in [6, 6.07) is 0. The minimum atomic E-state index is 0.240. The van der Waals surface area contributed by atoms with Crippen molar-refractivity contribution in [3.05, 3.63) is 12.2 Å². The van der Waals surface area contributed by atoms with Gasteiger partial charge in [-0.15, -0.1) is 0 Å². The lowest BCUT2D eigenvalue weighted by atomic mass is 9.82. The second-order valence-electron chi connectivity index (χ2n) is 6.09. The first-order chi connectivity index (χ1) is 6.97. The maximum absolute atomic E-state index is 3.49. The third-order valence-corrected chi connectivity index (χ3v) is 3.14. The zero-order valence-corrected chi connectivity index (χ0v) is 10.8. The zero-order chi connectivity index (χ0) is 11.3. The summed E-state index contributed by atoms with van der Waals surface area (Å²) in [5.41, 5.74) is 0.240. The molecule has 1 fully saturated rings. The van der Waals surface area contributed by atoms with Gasteiger partial charge in [-0.05, 0) is 45.4 Å². The molecule has 2 unspecified atom stereocenters. The minimum absolute atomic E-state index is 0.240. The molecule has 1 aliphatic rings. The van der Waals surface area contributed by atoms with Crippen LogP contribution in [0.3, 0.4) is 0 Å². The van der Waals surface area contributed by atoms with Crippen LogP contribution in [0.5, 0.6) is 0 Å². The normalized spacial score (nSPS) is 28.5. The largest absolute Gasteiger partial charge is 0.309 e. The smallest absolute Gasteiger partial charge is 0.0139 e. The summed E-state index contributed by atoms with van der Waals surface area (Å²) < 4.78 is 0. The topological polar surface area (TPSA) is 12.0 Å². The second-order valence-corrected chi connectivity index (χ2v) is 6.09. The van der Waals surface area contributed by atoms with Crippen molar-refractivity contribution < 1.29 is 0 Å². The Labute approximate surface area is 95.3 Å². The second kappa shape index (κ2) is 5.69. The number of allylic oxidation sites excluding steroid dienone is 1. The van der Waals surface area contributed by atoms with Gasteiger partial charge in [0, 0.05) is 12.1 Å². The van der Waals surface area contributed by atoms with Crippen LogP contribution in [0, 0.1) is 11.8 Å². The molecule has 15 heavy (non-hydrogen) atoms. The fourth-order valence-corrected chi connectivity index (χ4v) is 2.28. The molecule has 0 spiro atoms. The molecule has 1 rings (SSSR count). The van der Waals surface area contributed by atoms with E-state index in [9.17, 15) is 0 Å². The molecule has 0 aromatic rings. The number of hydrogen-bond acceptors (Lipinski definition) is 1. The molecule has 2 atom stereocenters. The fraction of sp³-hybridized carbons (Fsp3) is 0.857. The van der Waals surface area contributed by atoms with Gasteiger partial charge in [-0.1, -0.05) is 31.9 Å². The Balaban J connectivity index is 2.20. The van der Waals surface area contributed by atoms with Crippen LogP contribution in [0.25, 0.3) is 0 Å². The van der Waals surface area contributed by atoms with E-state index in [4.69, 9.17) is 0 Å². The highest BCUT2D eigenvalue weighted by molar-refractivity contribution is 4.93. The van der Waals surface area contributed by atoms with Crippen molar-refractivity contribution in [2.75, 3.05) is 6.54 Å². The molecule has 1 N–H and O–H groups in total. The highest BCUT2D eigenvalue weighted by Crippen LogP contribution is 2.29. The summed E-state index contributed by atoms with van der Waals surface area (Å²) in [6.07, 6.45) is 10.4. The van der Waals surface area contributed by atoms with E-state index in [1.54, 1.807) is 0 Å². The van der Waals surface area contributed by atoms with Crippen LogP contribution in [-0.4, -0.2) is 12.1 Å². The number of rotatable bonds is 3. The van der Waals surface area contributed by atoms with Crippen molar-refractivity contribution in [2.45, 2.75) is 58.9 Å². The lowest BCUT2D eigenvalue weighted by Crippen LogP contribution is -2.35. The maximum Gasteiger partial charge on any atom is 0.0139 e. The zero-order valence-electron chi connectivity index (χ0n) is 10.8. The van der Waals surface area contributed by atoms with Gasteiger partial charge in [-0.3, -0.25) is 0 Å². The van der Waals surface area contributed by atoms with Gasteiger partial charge in [0.1, 0.15) is 0 Å². The van der Waals surface area contributed by atoms with Crippen molar-refractivity contribution in [1.82, 2.24) is 5.32 Å². The van der Waals surface area contributed by atoms with Gasteiger partial charge in [0.05, 0.1) is 0 Å². The quantitative estimate of drug-likeness (QED) is 0.698. The lowest BCUT2D eigenvalue weighted by molar-refractivity contribution is 0.324. The van der Waals surface area contributed by atoms with E-state index < -0.39 is 0 Å². The van der Waals surface area contributed by atoms with Gasteiger partial charge < -0.3 is 5.32 Å². The molecule has 0 radical (unpaired) electrons. The first kappa shape index (κ1) is 12.8. The maximum atomic E-state index is 3.49. The summed E-state index contributed by atoms with van der Waals surface area (Å²) >= 11 is 0. The van der Waals surface area contributed by atoms with Gasteiger partial charge in [0.15, 0.2) is 0 Å². The summed E-state index contributed by atoms with van der Waals surface area (Å²) in [5, 5.41) is 3.49. The molecule has 1 heteroatoms. The van der Waals surface area contributed by atoms with Crippen LogP contribution < -0.4 is 5.32 Å². The van der Waals surface area contributed by atoms with E-state index in [2.05, 4.69) is 45.2 Å². The first-order valence-corrected chi connectivity index (χ1v) is 6.39. The SMILES string of the molecule is CC1CCCC(/C=C/CNC(C)(C)C)C1. The van der Waals surface area contributed by atoms with E-state index in [1.807, 2.05) is 0 Å². The Morgan fingerprint density at radius 1 is 1.27 bits per heavy atom. The molecule has 0 amide bonds. The summed E-state index contributed by atoms with van der Waals surface area (Å²) in [7, 11) is 0. The third-order valence-electron chi connectivity index (χ3n) is 3.14. The molecule has 0 bridgehead atoms. The standard InChI is InChI=1S/C14H27N/c1-12-7-5-8-13(11-12)9-6-10-15-14(2,3)4/h6,9,12-13,15H,5,7-8,10-11H2,1-4H3/b9-6+.